The van der Waals surface area contributed by atoms with Crippen LogP contribution in [0.25, 0.3) is 0 Å². The van der Waals surface area contributed by atoms with E-state index in [1.165, 1.54) is 56.1 Å². The van der Waals surface area contributed by atoms with Gasteiger partial charge in [-0.25, -0.2) is 0 Å². The number of hydrogen-bond donors (Lipinski definition) is 1. The molecule has 2 aliphatic rings. The van der Waals surface area contributed by atoms with Crippen molar-refractivity contribution in [2.24, 2.45) is 5.92 Å². The van der Waals surface area contributed by atoms with Gasteiger partial charge >= 0.3 is 0 Å². The molecule has 3 nitrogen and oxygen atoms in total. The molecule has 1 saturated heterocycles. The Morgan fingerprint density at radius 3 is 2.78 bits per heavy atom. The van der Waals surface area contributed by atoms with Gasteiger partial charge in [0, 0.05) is 12.6 Å². The maximum atomic E-state index is 12.3. The number of aryl methyl sites for hydroxylation is 1. The van der Waals surface area contributed by atoms with Crippen molar-refractivity contribution in [3.8, 4) is 0 Å². The van der Waals surface area contributed by atoms with Crippen LogP contribution in [-0.2, 0) is 4.79 Å². The van der Waals surface area contributed by atoms with E-state index >= 15 is 0 Å². The monoisotopic (exact) mass is 314 g/mol. The fourth-order valence-electron chi connectivity index (χ4n) is 4.16. The van der Waals surface area contributed by atoms with Crippen LogP contribution in [0, 0.1) is 12.8 Å². The molecule has 1 saturated carbocycles. The van der Waals surface area contributed by atoms with E-state index in [2.05, 4.69) is 41.4 Å². The Labute approximate surface area is 140 Å². The van der Waals surface area contributed by atoms with Gasteiger partial charge in [-0.15, -0.1) is 0 Å². The number of amides is 1. The Hall–Kier alpha value is -1.35. The Morgan fingerprint density at radius 2 is 2.00 bits per heavy atom. The second kappa shape index (κ2) is 7.96. The van der Waals surface area contributed by atoms with Crippen molar-refractivity contribution in [3.63, 3.8) is 0 Å². The quantitative estimate of drug-likeness (QED) is 0.896. The number of carbonyl (C=O) groups is 1. The van der Waals surface area contributed by atoms with Gasteiger partial charge in [-0.1, -0.05) is 49.1 Å². The lowest BCUT2D eigenvalue weighted by Crippen LogP contribution is -2.39. The zero-order valence-corrected chi connectivity index (χ0v) is 14.4. The molecule has 3 heteroatoms. The average Bonchev–Trinajstić information content (AvgIpc) is 3.02. The van der Waals surface area contributed by atoms with Crippen molar-refractivity contribution in [3.05, 3.63) is 35.4 Å². The molecule has 126 valence electrons. The van der Waals surface area contributed by atoms with Gasteiger partial charge < -0.3 is 5.32 Å². The second-order valence-corrected chi connectivity index (χ2v) is 7.35. The van der Waals surface area contributed by atoms with E-state index in [0.29, 0.717) is 18.5 Å². The summed E-state index contributed by atoms with van der Waals surface area (Å²) in [6, 6.07) is 9.15. The highest BCUT2D eigenvalue weighted by molar-refractivity contribution is 5.78. The molecule has 1 unspecified atom stereocenters. The van der Waals surface area contributed by atoms with Crippen LogP contribution in [0.4, 0.5) is 0 Å². The summed E-state index contributed by atoms with van der Waals surface area (Å²) in [6.07, 6.45) is 8.97. The summed E-state index contributed by atoms with van der Waals surface area (Å²) in [7, 11) is 0. The lowest BCUT2D eigenvalue weighted by molar-refractivity contribution is -0.122. The van der Waals surface area contributed by atoms with Gasteiger partial charge in [-0.2, -0.15) is 0 Å². The summed E-state index contributed by atoms with van der Waals surface area (Å²) in [5.74, 6) is 0.911. The maximum Gasteiger partial charge on any atom is 0.234 e. The van der Waals surface area contributed by atoms with Crippen LogP contribution in [0.1, 0.15) is 62.1 Å². The fraction of sp³-hybridized carbons (Fsp3) is 0.650. The lowest BCUT2D eigenvalue weighted by atomic mass is 9.89. The van der Waals surface area contributed by atoms with E-state index in [-0.39, 0.29) is 5.91 Å². The zero-order chi connectivity index (χ0) is 16.1. The Kier molecular flexibility index (Phi) is 5.71. The van der Waals surface area contributed by atoms with Crippen LogP contribution < -0.4 is 5.32 Å². The summed E-state index contributed by atoms with van der Waals surface area (Å²) in [5, 5.41) is 3.18. The molecule has 23 heavy (non-hydrogen) atoms. The normalized spacial score (nSPS) is 23.1. The predicted molar refractivity (Wildman–Crippen MR) is 94.3 cm³/mol. The number of nitrogens with one attached hydrogen (secondary N) is 1. The molecule has 0 spiro atoms. The van der Waals surface area contributed by atoms with Gasteiger partial charge in [0.05, 0.1) is 6.54 Å². The van der Waals surface area contributed by atoms with Crippen molar-refractivity contribution < 1.29 is 4.79 Å². The predicted octanol–water partition coefficient (Wildman–Crippen LogP) is 3.83. The Bertz CT molecular complexity index is 522. The standard InChI is InChI=1S/C20H30N2O/c1-16-7-5-10-18(13-16)19-11-6-12-22(19)15-20(23)21-14-17-8-3-2-4-9-17/h5,7,10,13,17,19H,2-4,6,8-9,11-12,14-15H2,1H3,(H,21,23). The molecule has 1 amide bonds. The minimum atomic E-state index is 0.204. The minimum Gasteiger partial charge on any atom is -0.355 e. The molecular formula is C20H30N2O. The highest BCUT2D eigenvalue weighted by atomic mass is 16.2. The zero-order valence-electron chi connectivity index (χ0n) is 14.4. The molecular weight excluding hydrogens is 284 g/mol. The van der Waals surface area contributed by atoms with Gasteiger partial charge in [0.2, 0.25) is 5.91 Å². The topological polar surface area (TPSA) is 32.3 Å². The molecule has 0 bridgehead atoms. The van der Waals surface area contributed by atoms with Gasteiger partial charge in [-0.3, -0.25) is 9.69 Å². The maximum absolute atomic E-state index is 12.3. The van der Waals surface area contributed by atoms with Gasteiger partial charge in [-0.05, 0) is 50.6 Å². The van der Waals surface area contributed by atoms with Gasteiger partial charge in [0.25, 0.3) is 0 Å². The molecule has 1 heterocycles. The highest BCUT2D eigenvalue weighted by Gasteiger charge is 2.27. The number of rotatable bonds is 5. The molecule has 0 aromatic heterocycles. The van der Waals surface area contributed by atoms with E-state index in [4.69, 9.17) is 0 Å². The third-order valence-electron chi connectivity index (χ3n) is 5.45. The number of carbonyl (C=O) groups excluding carboxylic acids is 1. The third kappa shape index (κ3) is 4.57. The van der Waals surface area contributed by atoms with Crippen LogP contribution in [-0.4, -0.2) is 30.4 Å². The summed E-state index contributed by atoms with van der Waals surface area (Å²) in [4.78, 5) is 14.7. The van der Waals surface area contributed by atoms with Crippen molar-refractivity contribution in [1.29, 1.82) is 0 Å². The van der Waals surface area contributed by atoms with Crippen LogP contribution in [0.2, 0.25) is 0 Å². The first-order valence-corrected chi connectivity index (χ1v) is 9.29. The summed E-state index contributed by atoms with van der Waals surface area (Å²) < 4.78 is 0. The Balaban J connectivity index is 1.50. The first kappa shape index (κ1) is 16.5. The van der Waals surface area contributed by atoms with Crippen molar-refractivity contribution >= 4 is 5.91 Å². The lowest BCUT2D eigenvalue weighted by Gasteiger charge is -2.26. The first-order valence-electron chi connectivity index (χ1n) is 9.29. The summed E-state index contributed by atoms with van der Waals surface area (Å²) in [5.41, 5.74) is 2.67. The van der Waals surface area contributed by atoms with Crippen molar-refractivity contribution in [2.75, 3.05) is 19.6 Å². The average molecular weight is 314 g/mol. The largest absolute Gasteiger partial charge is 0.355 e. The summed E-state index contributed by atoms with van der Waals surface area (Å²) >= 11 is 0. The number of likely N-dealkylation sites (tertiary alicyclic amines) is 1. The van der Waals surface area contributed by atoms with Crippen molar-refractivity contribution in [2.45, 2.75) is 57.9 Å². The molecule has 1 aromatic rings. The third-order valence-corrected chi connectivity index (χ3v) is 5.45. The number of hydrogen-bond acceptors (Lipinski definition) is 2. The molecule has 3 rings (SSSR count). The molecule has 1 N–H and O–H groups in total. The number of nitrogens with zero attached hydrogens (tertiary/aromatic N) is 1. The van der Waals surface area contributed by atoms with E-state index in [0.717, 1.165) is 13.1 Å². The van der Waals surface area contributed by atoms with Crippen LogP contribution in [0.3, 0.4) is 0 Å². The molecule has 1 aliphatic carbocycles. The summed E-state index contributed by atoms with van der Waals surface area (Å²) in [6.45, 7) is 4.60. The van der Waals surface area contributed by atoms with Crippen LogP contribution in [0.5, 0.6) is 0 Å². The Morgan fingerprint density at radius 1 is 1.17 bits per heavy atom. The van der Waals surface area contributed by atoms with Crippen molar-refractivity contribution in [1.82, 2.24) is 10.2 Å². The fourth-order valence-corrected chi connectivity index (χ4v) is 4.16. The second-order valence-electron chi connectivity index (χ2n) is 7.35. The molecule has 1 aliphatic heterocycles. The van der Waals surface area contributed by atoms with E-state index < -0.39 is 0 Å². The first-order chi connectivity index (χ1) is 11.2. The molecule has 1 atom stereocenters. The smallest absolute Gasteiger partial charge is 0.234 e. The minimum absolute atomic E-state index is 0.204. The number of benzene rings is 1. The molecule has 1 aromatic carbocycles. The van der Waals surface area contributed by atoms with E-state index in [1.807, 2.05) is 0 Å². The van der Waals surface area contributed by atoms with E-state index in [9.17, 15) is 4.79 Å². The molecule has 2 fully saturated rings. The van der Waals surface area contributed by atoms with Crippen LogP contribution in [0.15, 0.2) is 24.3 Å². The van der Waals surface area contributed by atoms with Crippen LogP contribution >= 0.6 is 0 Å². The highest BCUT2D eigenvalue weighted by Crippen LogP contribution is 2.31. The van der Waals surface area contributed by atoms with Gasteiger partial charge in [0.1, 0.15) is 0 Å². The molecule has 0 radical (unpaired) electrons. The SMILES string of the molecule is Cc1cccc(C2CCCN2CC(=O)NCC2CCCCC2)c1. The van der Waals surface area contributed by atoms with E-state index in [1.54, 1.807) is 0 Å². The van der Waals surface area contributed by atoms with Gasteiger partial charge in [0.15, 0.2) is 0 Å².